The van der Waals surface area contributed by atoms with Crippen molar-refractivity contribution in [1.29, 1.82) is 0 Å². The Kier molecular flexibility index (Phi) is 5.77. The number of carboxylic acids is 1. The van der Waals surface area contributed by atoms with Crippen molar-refractivity contribution in [3.63, 3.8) is 0 Å². The molecular weight excluding hydrogens is 196 g/mol. The van der Waals surface area contributed by atoms with Crippen LogP contribution in [0.5, 0.6) is 0 Å². The number of aliphatic hydroxyl groups excluding tert-OH is 2. The van der Waals surface area contributed by atoms with Gasteiger partial charge in [0.1, 0.15) is 6.10 Å². The number of hydrogen-bond donors (Lipinski definition) is 3. The molecular formula is C7H12O7. The average molecular weight is 208 g/mol. The second kappa shape index (κ2) is 6.30. The summed E-state index contributed by atoms with van der Waals surface area (Å²) in [7, 11) is 0. The Morgan fingerprint density at radius 1 is 1.43 bits per heavy atom. The Morgan fingerprint density at radius 2 is 2.00 bits per heavy atom. The molecule has 0 fully saturated rings. The zero-order valence-corrected chi connectivity index (χ0v) is 7.54. The van der Waals surface area contributed by atoms with Crippen LogP contribution in [0.4, 0.5) is 0 Å². The topological polar surface area (TPSA) is 113 Å². The van der Waals surface area contributed by atoms with Gasteiger partial charge in [-0.05, 0) is 6.92 Å². The molecule has 0 aliphatic heterocycles. The molecule has 2 unspecified atom stereocenters. The molecule has 14 heavy (non-hydrogen) atoms. The predicted molar refractivity (Wildman–Crippen MR) is 42.2 cm³/mol. The highest BCUT2D eigenvalue weighted by Crippen LogP contribution is 1.98. The van der Waals surface area contributed by atoms with Crippen LogP contribution >= 0.6 is 0 Å². The van der Waals surface area contributed by atoms with E-state index in [1.54, 1.807) is 0 Å². The highest BCUT2D eigenvalue weighted by molar-refractivity contribution is 5.79. The third kappa shape index (κ3) is 4.75. The van der Waals surface area contributed by atoms with Gasteiger partial charge in [0.25, 0.3) is 0 Å². The van der Waals surface area contributed by atoms with Crippen molar-refractivity contribution in [2.24, 2.45) is 0 Å². The van der Waals surface area contributed by atoms with Crippen LogP contribution in [-0.4, -0.2) is 52.9 Å². The summed E-state index contributed by atoms with van der Waals surface area (Å²) in [4.78, 5) is 21.1. The summed E-state index contributed by atoms with van der Waals surface area (Å²) in [5, 5.41) is 25.5. The van der Waals surface area contributed by atoms with Gasteiger partial charge in [0, 0.05) is 0 Å². The summed E-state index contributed by atoms with van der Waals surface area (Å²) >= 11 is 0. The van der Waals surface area contributed by atoms with Gasteiger partial charge in [-0.1, -0.05) is 0 Å². The van der Waals surface area contributed by atoms with Gasteiger partial charge < -0.3 is 24.8 Å². The molecule has 0 aromatic rings. The van der Waals surface area contributed by atoms with Crippen LogP contribution < -0.4 is 0 Å². The van der Waals surface area contributed by atoms with Gasteiger partial charge in [-0.2, -0.15) is 0 Å². The van der Waals surface area contributed by atoms with Crippen LogP contribution in [-0.2, 0) is 19.1 Å². The van der Waals surface area contributed by atoms with E-state index in [1.807, 2.05) is 0 Å². The standard InChI is InChI=1S/C7H12O7/c1-4(9)6(12)14-7(5(10)11)13-3-2-8/h4,7-9H,2-3H2,1H3,(H,10,11). The van der Waals surface area contributed by atoms with E-state index < -0.39 is 30.9 Å². The second-order valence-electron chi connectivity index (χ2n) is 2.38. The van der Waals surface area contributed by atoms with Crippen molar-refractivity contribution in [3.8, 4) is 0 Å². The summed E-state index contributed by atoms with van der Waals surface area (Å²) in [6.45, 7) is 0.466. The fourth-order valence-corrected chi connectivity index (χ4v) is 0.519. The van der Waals surface area contributed by atoms with Crippen LogP contribution in [0.1, 0.15) is 6.92 Å². The lowest BCUT2D eigenvalue weighted by Gasteiger charge is -2.14. The molecule has 0 saturated carbocycles. The Labute approximate surface area is 79.9 Å². The van der Waals surface area contributed by atoms with Crippen LogP contribution in [0.2, 0.25) is 0 Å². The number of aliphatic hydroxyl groups is 2. The van der Waals surface area contributed by atoms with Gasteiger partial charge in [-0.15, -0.1) is 0 Å². The van der Waals surface area contributed by atoms with Crippen molar-refractivity contribution >= 4 is 11.9 Å². The Hall–Kier alpha value is -1.18. The molecule has 0 rings (SSSR count). The molecule has 0 spiro atoms. The summed E-state index contributed by atoms with van der Waals surface area (Å²) < 4.78 is 8.72. The molecule has 7 nitrogen and oxygen atoms in total. The molecule has 0 saturated heterocycles. The smallest absolute Gasteiger partial charge is 0.374 e. The lowest BCUT2D eigenvalue weighted by atomic mass is 10.4. The fourth-order valence-electron chi connectivity index (χ4n) is 0.519. The number of ether oxygens (including phenoxy) is 2. The van der Waals surface area contributed by atoms with Gasteiger partial charge in [0.05, 0.1) is 13.2 Å². The van der Waals surface area contributed by atoms with E-state index in [9.17, 15) is 9.59 Å². The first-order valence-corrected chi connectivity index (χ1v) is 3.83. The minimum atomic E-state index is -1.80. The molecule has 0 amide bonds. The number of carboxylic acid groups (broad SMARTS) is 1. The molecule has 3 N–H and O–H groups in total. The quantitative estimate of drug-likeness (QED) is 0.353. The monoisotopic (exact) mass is 208 g/mol. The van der Waals surface area contributed by atoms with E-state index in [-0.39, 0.29) is 6.61 Å². The molecule has 0 bridgehead atoms. The molecule has 7 heteroatoms. The number of carbonyl (C=O) groups excluding carboxylic acids is 1. The minimum absolute atomic E-state index is 0.274. The SMILES string of the molecule is CC(O)C(=O)OC(OCCO)C(=O)O. The van der Waals surface area contributed by atoms with Gasteiger partial charge >= 0.3 is 18.2 Å². The van der Waals surface area contributed by atoms with Crippen LogP contribution in [0.15, 0.2) is 0 Å². The normalized spacial score (nSPS) is 14.5. The zero-order chi connectivity index (χ0) is 11.1. The second-order valence-corrected chi connectivity index (χ2v) is 2.38. The first-order chi connectivity index (χ1) is 6.49. The average Bonchev–Trinajstić information content (AvgIpc) is 2.10. The minimum Gasteiger partial charge on any atom is -0.477 e. The van der Waals surface area contributed by atoms with Crippen LogP contribution in [0, 0.1) is 0 Å². The Morgan fingerprint density at radius 3 is 2.36 bits per heavy atom. The lowest BCUT2D eigenvalue weighted by molar-refractivity contribution is -0.202. The van der Waals surface area contributed by atoms with E-state index in [1.165, 1.54) is 0 Å². The van der Waals surface area contributed by atoms with Crippen LogP contribution in [0.3, 0.4) is 0 Å². The summed E-state index contributed by atoms with van der Waals surface area (Å²) in [6.07, 6.45) is -3.22. The summed E-state index contributed by atoms with van der Waals surface area (Å²) in [5.41, 5.74) is 0. The summed E-state index contributed by atoms with van der Waals surface area (Å²) in [5.74, 6) is -2.61. The number of esters is 1. The fraction of sp³-hybridized carbons (Fsp3) is 0.714. The third-order valence-electron chi connectivity index (χ3n) is 1.13. The van der Waals surface area contributed by atoms with E-state index in [0.29, 0.717) is 0 Å². The number of rotatable bonds is 6. The maximum atomic E-state index is 10.7. The van der Waals surface area contributed by atoms with E-state index in [4.69, 9.17) is 15.3 Å². The molecule has 0 aliphatic rings. The number of aliphatic carboxylic acids is 1. The molecule has 0 aliphatic carbocycles. The maximum Gasteiger partial charge on any atom is 0.374 e. The number of carbonyl (C=O) groups is 2. The lowest BCUT2D eigenvalue weighted by Crippen LogP contribution is -2.34. The molecule has 0 aromatic carbocycles. The Balaban J connectivity index is 4.09. The summed E-state index contributed by atoms with van der Waals surface area (Å²) in [6, 6.07) is 0. The van der Waals surface area contributed by atoms with Crippen molar-refractivity contribution in [3.05, 3.63) is 0 Å². The van der Waals surface area contributed by atoms with Crippen molar-refractivity contribution in [1.82, 2.24) is 0 Å². The first kappa shape index (κ1) is 12.8. The molecule has 0 heterocycles. The largest absolute Gasteiger partial charge is 0.477 e. The van der Waals surface area contributed by atoms with E-state index in [2.05, 4.69) is 9.47 Å². The third-order valence-corrected chi connectivity index (χ3v) is 1.13. The molecule has 0 aromatic heterocycles. The molecule has 82 valence electrons. The van der Waals surface area contributed by atoms with Crippen molar-refractivity contribution < 1.29 is 34.4 Å². The van der Waals surface area contributed by atoms with Gasteiger partial charge in [-0.3, -0.25) is 0 Å². The van der Waals surface area contributed by atoms with Gasteiger partial charge in [0.2, 0.25) is 0 Å². The maximum absolute atomic E-state index is 10.7. The Bertz CT molecular complexity index is 200. The van der Waals surface area contributed by atoms with Gasteiger partial charge in [0.15, 0.2) is 0 Å². The molecule has 2 atom stereocenters. The van der Waals surface area contributed by atoms with Gasteiger partial charge in [-0.25, -0.2) is 9.59 Å². The zero-order valence-electron chi connectivity index (χ0n) is 7.54. The van der Waals surface area contributed by atoms with Crippen molar-refractivity contribution in [2.45, 2.75) is 19.3 Å². The van der Waals surface area contributed by atoms with Crippen molar-refractivity contribution in [2.75, 3.05) is 13.2 Å². The highest BCUT2D eigenvalue weighted by Gasteiger charge is 2.24. The van der Waals surface area contributed by atoms with E-state index >= 15 is 0 Å². The van der Waals surface area contributed by atoms with Crippen LogP contribution in [0.25, 0.3) is 0 Å². The first-order valence-electron chi connectivity index (χ1n) is 3.83. The number of hydrogen-bond acceptors (Lipinski definition) is 6. The predicted octanol–water partition coefficient (Wildman–Crippen LogP) is -1.67. The molecule has 0 radical (unpaired) electrons. The highest BCUT2D eigenvalue weighted by atomic mass is 16.7. The van der Waals surface area contributed by atoms with E-state index in [0.717, 1.165) is 6.92 Å².